The van der Waals surface area contributed by atoms with Crippen LogP contribution in [0.15, 0.2) is 28.2 Å². The zero-order valence-electron chi connectivity index (χ0n) is 22.1. The molecule has 2 unspecified atom stereocenters. The zero-order valence-corrected chi connectivity index (χ0v) is 22.9. The quantitative estimate of drug-likeness (QED) is 0.250. The van der Waals surface area contributed by atoms with E-state index in [1.807, 2.05) is 6.92 Å². The normalized spacial score (nSPS) is 21.9. The Kier molecular flexibility index (Phi) is 23.8. The molecular formula is C27H55N3S. The van der Waals surface area contributed by atoms with Crippen LogP contribution in [0.2, 0.25) is 0 Å². The third kappa shape index (κ3) is 16.7. The number of nitrogens with two attached hydrogens (primary N) is 2. The van der Waals surface area contributed by atoms with Crippen molar-refractivity contribution in [2.45, 2.75) is 119 Å². The van der Waals surface area contributed by atoms with E-state index in [1.165, 1.54) is 74.6 Å². The fourth-order valence-electron chi connectivity index (χ4n) is 3.74. The molecule has 2 rings (SSSR count). The van der Waals surface area contributed by atoms with Crippen LogP contribution in [-0.2, 0) is 0 Å². The highest BCUT2D eigenvalue weighted by atomic mass is 32.2. The second-order valence-electron chi connectivity index (χ2n) is 8.62. The molecule has 1 aliphatic carbocycles. The van der Waals surface area contributed by atoms with E-state index in [9.17, 15) is 0 Å². The number of rotatable bonds is 5. The van der Waals surface area contributed by atoms with Crippen molar-refractivity contribution in [2.75, 3.05) is 6.54 Å². The van der Waals surface area contributed by atoms with Crippen LogP contribution in [0.25, 0.3) is 0 Å². The summed E-state index contributed by atoms with van der Waals surface area (Å²) >= 11 is 1.51. The molecule has 0 spiro atoms. The summed E-state index contributed by atoms with van der Waals surface area (Å²) in [5.74, 6) is 2.22. The summed E-state index contributed by atoms with van der Waals surface area (Å²) in [6.07, 6.45) is 19.0. The van der Waals surface area contributed by atoms with Gasteiger partial charge in [0.2, 0.25) is 0 Å². The van der Waals surface area contributed by atoms with Crippen molar-refractivity contribution < 1.29 is 0 Å². The third-order valence-corrected chi connectivity index (χ3v) is 6.80. The molecule has 0 radical (unpaired) electrons. The van der Waals surface area contributed by atoms with E-state index in [2.05, 4.69) is 71.1 Å². The highest BCUT2D eigenvalue weighted by molar-refractivity contribution is 7.99. The molecule has 0 bridgehead atoms. The molecule has 4 N–H and O–H groups in total. The van der Waals surface area contributed by atoms with E-state index in [0.717, 1.165) is 24.8 Å². The van der Waals surface area contributed by atoms with Gasteiger partial charge in [-0.2, -0.15) is 0 Å². The smallest absolute Gasteiger partial charge is 0.0847 e. The summed E-state index contributed by atoms with van der Waals surface area (Å²) in [7, 11) is 0. The SMILES string of the molecule is C/C=C\C(CC)CC.CC1CCCCCC1.CC=C(C)C1C(CC)=NSC1N.CCN. The number of hydrogen-bond acceptors (Lipinski definition) is 4. The Morgan fingerprint density at radius 1 is 1.06 bits per heavy atom. The summed E-state index contributed by atoms with van der Waals surface area (Å²) in [5, 5.41) is 0.135. The van der Waals surface area contributed by atoms with Gasteiger partial charge in [0.05, 0.1) is 5.37 Å². The van der Waals surface area contributed by atoms with Crippen molar-refractivity contribution in [1.82, 2.24) is 0 Å². The topological polar surface area (TPSA) is 64.4 Å². The first-order chi connectivity index (χ1) is 14.9. The molecule has 1 saturated carbocycles. The van der Waals surface area contributed by atoms with E-state index in [4.69, 9.17) is 11.5 Å². The first kappa shape index (κ1) is 32.6. The minimum Gasteiger partial charge on any atom is -0.331 e. The molecule has 4 heteroatoms. The summed E-state index contributed by atoms with van der Waals surface area (Å²) in [4.78, 5) is 0. The number of hydrogen-bond donors (Lipinski definition) is 2. The standard InChI is InChI=1S/C9H16N2S.2C8H16.C2H7N/c1-4-6(3)8-7(5-2)11-12-9(8)10;1-8-6-4-2-3-5-7-8;1-4-7-8(5-2)6-3;1-2-3/h4,8-9H,5,10H2,1-3H3;8H,2-7H2,1H3;4,7-8H,5-6H2,1-3H3;2-3H2,1H3/b;;7-4-;. The average molecular weight is 454 g/mol. The number of allylic oxidation sites excluding steroid dienone is 3. The lowest BCUT2D eigenvalue weighted by Crippen LogP contribution is -2.28. The Labute approximate surface area is 200 Å². The summed E-state index contributed by atoms with van der Waals surface area (Å²) in [5.41, 5.74) is 13.4. The summed E-state index contributed by atoms with van der Waals surface area (Å²) in [6, 6.07) is 0. The molecular weight excluding hydrogens is 398 g/mol. The van der Waals surface area contributed by atoms with Gasteiger partial charge in [-0.05, 0) is 70.4 Å². The van der Waals surface area contributed by atoms with Crippen LogP contribution in [0.4, 0.5) is 0 Å². The monoisotopic (exact) mass is 453 g/mol. The molecule has 3 nitrogen and oxygen atoms in total. The third-order valence-electron chi connectivity index (χ3n) is 5.94. The van der Waals surface area contributed by atoms with E-state index in [-0.39, 0.29) is 5.37 Å². The lowest BCUT2D eigenvalue weighted by Gasteiger charge is -2.16. The van der Waals surface area contributed by atoms with Crippen molar-refractivity contribution in [3.05, 3.63) is 23.8 Å². The minimum absolute atomic E-state index is 0.135. The summed E-state index contributed by atoms with van der Waals surface area (Å²) < 4.78 is 4.35. The highest BCUT2D eigenvalue weighted by Gasteiger charge is 2.29. The van der Waals surface area contributed by atoms with Crippen LogP contribution in [-0.4, -0.2) is 17.6 Å². The molecule has 2 aliphatic rings. The first-order valence-corrected chi connectivity index (χ1v) is 13.6. The molecule has 0 amide bonds. The Bertz CT molecular complexity index is 473. The largest absolute Gasteiger partial charge is 0.331 e. The second kappa shape index (κ2) is 22.6. The van der Waals surface area contributed by atoms with Crippen molar-refractivity contribution >= 4 is 17.7 Å². The van der Waals surface area contributed by atoms with Crippen LogP contribution < -0.4 is 11.5 Å². The van der Waals surface area contributed by atoms with Gasteiger partial charge in [-0.3, -0.25) is 0 Å². The Morgan fingerprint density at radius 2 is 1.58 bits per heavy atom. The fourth-order valence-corrected chi connectivity index (χ4v) is 4.73. The van der Waals surface area contributed by atoms with Gasteiger partial charge in [0, 0.05) is 11.6 Å². The predicted molar refractivity (Wildman–Crippen MR) is 147 cm³/mol. The van der Waals surface area contributed by atoms with E-state index >= 15 is 0 Å². The second-order valence-corrected chi connectivity index (χ2v) is 9.56. The number of nitrogens with zero attached hydrogens (tertiary/aromatic N) is 1. The van der Waals surface area contributed by atoms with Crippen molar-refractivity contribution in [3.8, 4) is 0 Å². The van der Waals surface area contributed by atoms with Gasteiger partial charge in [-0.1, -0.05) is 96.9 Å². The van der Waals surface area contributed by atoms with E-state index < -0.39 is 0 Å². The minimum atomic E-state index is 0.135. The van der Waals surface area contributed by atoms with Gasteiger partial charge in [0.15, 0.2) is 0 Å². The Morgan fingerprint density at radius 3 is 1.94 bits per heavy atom. The van der Waals surface area contributed by atoms with Gasteiger partial charge in [-0.25, -0.2) is 4.40 Å². The van der Waals surface area contributed by atoms with Crippen LogP contribution in [0, 0.1) is 17.8 Å². The fraction of sp³-hybridized carbons (Fsp3) is 0.815. The molecule has 184 valence electrons. The lowest BCUT2D eigenvalue weighted by atomic mass is 9.93. The maximum absolute atomic E-state index is 5.93. The molecule has 31 heavy (non-hydrogen) atoms. The lowest BCUT2D eigenvalue weighted by molar-refractivity contribution is 0.505. The maximum Gasteiger partial charge on any atom is 0.0847 e. The van der Waals surface area contributed by atoms with Crippen LogP contribution in [0.1, 0.15) is 113 Å². The zero-order chi connectivity index (χ0) is 24.1. The molecule has 0 aromatic heterocycles. The van der Waals surface area contributed by atoms with E-state index in [0.29, 0.717) is 5.92 Å². The summed E-state index contributed by atoms with van der Waals surface area (Å²) in [6.45, 7) is 17.9. The molecule has 0 aromatic carbocycles. The average Bonchev–Trinajstić information content (AvgIpc) is 2.98. The molecule has 1 aliphatic heterocycles. The van der Waals surface area contributed by atoms with Crippen LogP contribution in [0.3, 0.4) is 0 Å². The van der Waals surface area contributed by atoms with Gasteiger partial charge < -0.3 is 11.5 Å². The van der Waals surface area contributed by atoms with Gasteiger partial charge >= 0.3 is 0 Å². The van der Waals surface area contributed by atoms with Crippen LogP contribution in [0.5, 0.6) is 0 Å². The first-order valence-electron chi connectivity index (χ1n) is 12.8. The van der Waals surface area contributed by atoms with Crippen molar-refractivity contribution in [2.24, 2.45) is 33.6 Å². The van der Waals surface area contributed by atoms with Crippen LogP contribution >= 0.6 is 11.9 Å². The molecule has 1 heterocycles. The Hall–Kier alpha value is -0.580. The van der Waals surface area contributed by atoms with Crippen molar-refractivity contribution in [1.29, 1.82) is 0 Å². The van der Waals surface area contributed by atoms with Gasteiger partial charge in [0.1, 0.15) is 0 Å². The van der Waals surface area contributed by atoms with Gasteiger partial charge in [0.25, 0.3) is 0 Å². The van der Waals surface area contributed by atoms with Crippen molar-refractivity contribution in [3.63, 3.8) is 0 Å². The van der Waals surface area contributed by atoms with Gasteiger partial charge in [-0.15, -0.1) is 0 Å². The highest BCUT2D eigenvalue weighted by Crippen LogP contribution is 2.32. The predicted octanol–water partition coefficient (Wildman–Crippen LogP) is 8.31. The molecule has 1 fully saturated rings. The molecule has 2 atom stereocenters. The molecule has 0 aromatic rings. The molecule has 0 saturated heterocycles. The maximum atomic E-state index is 5.93. The van der Waals surface area contributed by atoms with E-state index in [1.54, 1.807) is 0 Å². The Balaban J connectivity index is 0.